The van der Waals surface area contributed by atoms with Gasteiger partial charge in [-0.15, -0.1) is 0 Å². The van der Waals surface area contributed by atoms with Crippen molar-refractivity contribution in [2.24, 2.45) is 0 Å². The summed E-state index contributed by atoms with van der Waals surface area (Å²) in [6.07, 6.45) is 3.58. The Kier molecular flexibility index (Phi) is 5.09. The van der Waals surface area contributed by atoms with Crippen LogP contribution in [-0.4, -0.2) is 21.6 Å². The number of benzene rings is 2. The Balaban J connectivity index is 1.79. The standard InChI is InChI=1S/C27H22N4O3/c1-17-14-18(2)16-29(15-17)24-23(25(32)30(27(24)34)20-10-6-4-7-11-20)22-19(3)28-31(26(22)33)21-12-8-5-9-13-21/h4-16H,1-3H3/p+1. The van der Waals surface area contributed by atoms with Crippen LogP contribution in [0.15, 0.2) is 83.9 Å². The van der Waals surface area contributed by atoms with Crippen LogP contribution < -0.4 is 15.0 Å². The van der Waals surface area contributed by atoms with Gasteiger partial charge in [-0.3, -0.25) is 19.5 Å². The topological polar surface area (TPSA) is 79.1 Å². The molecule has 0 fully saturated rings. The Hall–Kier alpha value is -4.52. The van der Waals surface area contributed by atoms with Gasteiger partial charge < -0.3 is 0 Å². The number of hydrogen-bond donors (Lipinski definition) is 1. The molecule has 0 saturated heterocycles. The van der Waals surface area contributed by atoms with E-state index in [-0.39, 0.29) is 16.8 Å². The van der Waals surface area contributed by atoms with Crippen LogP contribution in [0.1, 0.15) is 22.4 Å². The van der Waals surface area contributed by atoms with Crippen molar-refractivity contribution < 1.29 is 14.2 Å². The number of carbonyl (C=O) groups excluding carboxylic acids is 2. The molecule has 0 bridgehead atoms. The smallest absolute Gasteiger partial charge is 0.295 e. The molecule has 0 radical (unpaired) electrons. The van der Waals surface area contributed by atoms with Crippen LogP contribution in [0, 0.1) is 20.8 Å². The maximum absolute atomic E-state index is 13.8. The van der Waals surface area contributed by atoms with E-state index in [1.165, 1.54) is 4.68 Å². The van der Waals surface area contributed by atoms with E-state index in [4.69, 9.17) is 0 Å². The highest BCUT2D eigenvalue weighted by atomic mass is 16.2. The Labute approximate surface area is 196 Å². The first-order valence-electron chi connectivity index (χ1n) is 10.9. The van der Waals surface area contributed by atoms with Gasteiger partial charge in [-0.2, -0.15) is 4.57 Å². The minimum Gasteiger partial charge on any atom is -0.295 e. The van der Waals surface area contributed by atoms with E-state index in [0.29, 0.717) is 17.1 Å². The van der Waals surface area contributed by atoms with Crippen molar-refractivity contribution in [3.8, 4) is 5.69 Å². The number of pyridine rings is 1. The average Bonchev–Trinajstić information content (AvgIpc) is 3.25. The number of rotatable bonds is 4. The number of para-hydroxylation sites is 2. The number of aromatic amines is 1. The fourth-order valence-electron chi connectivity index (χ4n) is 4.43. The summed E-state index contributed by atoms with van der Waals surface area (Å²) < 4.78 is 3.05. The molecule has 0 saturated carbocycles. The number of H-pyrrole nitrogens is 1. The molecule has 168 valence electrons. The van der Waals surface area contributed by atoms with Crippen molar-refractivity contribution >= 4 is 28.8 Å². The minimum absolute atomic E-state index is 0.0808. The molecule has 34 heavy (non-hydrogen) atoms. The van der Waals surface area contributed by atoms with E-state index in [1.54, 1.807) is 60.3 Å². The summed E-state index contributed by atoms with van der Waals surface area (Å²) in [7, 11) is 0. The summed E-state index contributed by atoms with van der Waals surface area (Å²) in [6, 6.07) is 19.9. The van der Waals surface area contributed by atoms with Crippen LogP contribution in [0.5, 0.6) is 0 Å². The molecule has 7 nitrogen and oxygen atoms in total. The zero-order valence-electron chi connectivity index (χ0n) is 19.1. The molecule has 2 aromatic heterocycles. The van der Waals surface area contributed by atoms with Gasteiger partial charge in [-0.1, -0.05) is 36.4 Å². The largest absolute Gasteiger partial charge is 0.331 e. The lowest BCUT2D eigenvalue weighted by molar-refractivity contribution is -0.577. The highest BCUT2D eigenvalue weighted by Gasteiger charge is 2.48. The molecule has 1 aliphatic rings. The van der Waals surface area contributed by atoms with E-state index < -0.39 is 17.4 Å². The Morgan fingerprint density at radius 3 is 1.88 bits per heavy atom. The van der Waals surface area contributed by atoms with Crippen molar-refractivity contribution in [3.05, 3.63) is 112 Å². The van der Waals surface area contributed by atoms with Crippen LogP contribution in [0.2, 0.25) is 0 Å². The van der Waals surface area contributed by atoms with Gasteiger partial charge in [-0.05, 0) is 51.1 Å². The molecule has 3 heterocycles. The van der Waals surface area contributed by atoms with Gasteiger partial charge in [0.25, 0.3) is 17.2 Å². The van der Waals surface area contributed by atoms with Gasteiger partial charge in [0, 0.05) is 16.8 Å². The van der Waals surface area contributed by atoms with Crippen LogP contribution in [0.25, 0.3) is 17.0 Å². The maximum atomic E-state index is 13.8. The van der Waals surface area contributed by atoms with Crippen LogP contribution in [-0.2, 0) is 9.59 Å². The molecule has 2 aromatic carbocycles. The van der Waals surface area contributed by atoms with E-state index in [0.717, 1.165) is 16.0 Å². The molecule has 0 atom stereocenters. The van der Waals surface area contributed by atoms with Crippen molar-refractivity contribution in [1.82, 2.24) is 9.78 Å². The monoisotopic (exact) mass is 451 g/mol. The minimum atomic E-state index is -0.530. The molecular weight excluding hydrogens is 428 g/mol. The lowest BCUT2D eigenvalue weighted by Crippen LogP contribution is -2.40. The van der Waals surface area contributed by atoms with Gasteiger partial charge in [0.05, 0.1) is 16.9 Å². The molecule has 5 rings (SSSR count). The summed E-state index contributed by atoms with van der Waals surface area (Å²) in [5.41, 5.74) is 3.47. The highest BCUT2D eigenvalue weighted by Crippen LogP contribution is 2.33. The third-order valence-corrected chi connectivity index (χ3v) is 5.81. The third-order valence-electron chi connectivity index (χ3n) is 5.81. The first-order chi connectivity index (χ1) is 16.4. The zero-order valence-corrected chi connectivity index (χ0v) is 19.1. The molecule has 1 aliphatic heterocycles. The number of aromatic nitrogens is 3. The van der Waals surface area contributed by atoms with Gasteiger partial charge >= 0.3 is 5.91 Å². The number of nitrogens with one attached hydrogen (secondary N) is 1. The lowest BCUT2D eigenvalue weighted by atomic mass is 10.1. The fourth-order valence-corrected chi connectivity index (χ4v) is 4.43. The van der Waals surface area contributed by atoms with E-state index in [9.17, 15) is 14.4 Å². The maximum Gasteiger partial charge on any atom is 0.331 e. The average molecular weight is 452 g/mol. The molecule has 2 amide bonds. The SMILES string of the molecule is Cc1cc(C)c[n+](C2=C(c3c(C)[nH]n(-c4ccccc4)c3=O)C(=O)N(c3ccccc3)C2=O)c1. The lowest BCUT2D eigenvalue weighted by Gasteiger charge is -2.13. The summed E-state index contributed by atoms with van der Waals surface area (Å²) in [5, 5.41) is 3.07. The third kappa shape index (κ3) is 3.38. The van der Waals surface area contributed by atoms with Crippen LogP contribution in [0.3, 0.4) is 0 Å². The highest BCUT2D eigenvalue weighted by molar-refractivity contribution is 6.53. The Morgan fingerprint density at radius 2 is 1.29 bits per heavy atom. The number of carbonyl (C=O) groups is 2. The first kappa shape index (κ1) is 21.3. The van der Waals surface area contributed by atoms with Gasteiger partial charge in [0.15, 0.2) is 12.4 Å². The number of imide groups is 1. The Morgan fingerprint density at radius 1 is 0.735 bits per heavy atom. The number of hydrogen-bond acceptors (Lipinski definition) is 3. The van der Waals surface area contributed by atoms with E-state index in [1.807, 2.05) is 44.2 Å². The normalized spacial score (nSPS) is 13.8. The van der Waals surface area contributed by atoms with Gasteiger partial charge in [0.2, 0.25) is 0 Å². The number of anilines is 1. The molecular formula is C27H23N4O3+. The summed E-state index contributed by atoms with van der Waals surface area (Å²) in [6.45, 7) is 5.57. The summed E-state index contributed by atoms with van der Waals surface area (Å²) >= 11 is 0. The van der Waals surface area contributed by atoms with Crippen molar-refractivity contribution in [2.75, 3.05) is 4.90 Å². The fraction of sp³-hybridized carbons (Fsp3) is 0.111. The molecule has 0 spiro atoms. The van der Waals surface area contributed by atoms with Crippen molar-refractivity contribution in [1.29, 1.82) is 0 Å². The number of nitrogens with zero attached hydrogens (tertiary/aromatic N) is 3. The second kappa shape index (κ2) is 8.12. The predicted molar refractivity (Wildman–Crippen MR) is 129 cm³/mol. The molecule has 4 aromatic rings. The quantitative estimate of drug-likeness (QED) is 0.382. The van der Waals surface area contributed by atoms with Gasteiger partial charge in [0.1, 0.15) is 5.57 Å². The summed E-state index contributed by atoms with van der Waals surface area (Å²) in [4.78, 5) is 42.2. The Bertz CT molecular complexity index is 1510. The predicted octanol–water partition coefficient (Wildman–Crippen LogP) is 3.32. The second-order valence-corrected chi connectivity index (χ2v) is 8.39. The van der Waals surface area contributed by atoms with Gasteiger partial charge in [-0.25, -0.2) is 9.58 Å². The molecule has 1 N–H and O–H groups in total. The second-order valence-electron chi connectivity index (χ2n) is 8.39. The molecule has 0 aliphatic carbocycles. The van der Waals surface area contributed by atoms with E-state index in [2.05, 4.69) is 5.10 Å². The molecule has 0 unspecified atom stereocenters. The van der Waals surface area contributed by atoms with Crippen LogP contribution in [0.4, 0.5) is 5.69 Å². The first-order valence-corrected chi connectivity index (χ1v) is 10.9. The van der Waals surface area contributed by atoms with Crippen LogP contribution >= 0.6 is 0 Å². The van der Waals surface area contributed by atoms with Crippen molar-refractivity contribution in [3.63, 3.8) is 0 Å². The van der Waals surface area contributed by atoms with Crippen molar-refractivity contribution in [2.45, 2.75) is 20.8 Å². The summed E-state index contributed by atoms with van der Waals surface area (Å²) in [5.74, 6) is -1.01. The zero-order chi connectivity index (χ0) is 24.0. The van der Waals surface area contributed by atoms with E-state index >= 15 is 0 Å². The molecule has 7 heteroatoms. The number of aryl methyl sites for hydroxylation is 3. The number of amides is 2.